The van der Waals surface area contributed by atoms with E-state index in [0.717, 1.165) is 37.9 Å². The molecule has 2 aliphatic rings. The van der Waals surface area contributed by atoms with Gasteiger partial charge in [0.2, 0.25) is 0 Å². The maximum Gasteiger partial charge on any atom is 0.274 e. The third-order valence-electron chi connectivity index (χ3n) is 5.38. The Hall–Kier alpha value is -2.38. The molecule has 2 saturated heterocycles. The van der Waals surface area contributed by atoms with Gasteiger partial charge in [0.15, 0.2) is 0 Å². The fraction of sp³-hybridized carbons (Fsp3) is 0.421. The van der Waals surface area contributed by atoms with Gasteiger partial charge in [-0.1, -0.05) is 12.1 Å². The number of nitrogens with one attached hydrogen (secondary N) is 2. The fourth-order valence-electron chi connectivity index (χ4n) is 3.88. The van der Waals surface area contributed by atoms with Crippen molar-refractivity contribution in [3.8, 4) is 0 Å². The van der Waals surface area contributed by atoms with Gasteiger partial charge in [0.05, 0.1) is 6.20 Å². The Bertz CT molecular complexity index is 746. The molecule has 0 radical (unpaired) electrons. The van der Waals surface area contributed by atoms with Gasteiger partial charge < -0.3 is 4.90 Å². The number of halogens is 1. The normalized spacial score (nSPS) is 24.0. The number of likely N-dealkylation sites (tertiary alicyclic amines) is 1. The second kappa shape index (κ2) is 7.47. The van der Waals surface area contributed by atoms with Gasteiger partial charge in [0.25, 0.3) is 5.91 Å². The van der Waals surface area contributed by atoms with E-state index in [-0.39, 0.29) is 17.8 Å². The lowest BCUT2D eigenvalue weighted by molar-refractivity contribution is 0.0666. The van der Waals surface area contributed by atoms with Crippen LogP contribution in [0, 0.1) is 11.7 Å². The highest BCUT2D eigenvalue weighted by Crippen LogP contribution is 2.30. The zero-order valence-corrected chi connectivity index (χ0v) is 14.4. The Morgan fingerprint density at radius 3 is 2.58 bits per heavy atom. The smallest absolute Gasteiger partial charge is 0.274 e. The number of rotatable bonds is 3. The number of hydrogen-bond donors (Lipinski definition) is 2. The third kappa shape index (κ3) is 3.59. The minimum atomic E-state index is -0.212. The molecule has 2 unspecified atom stereocenters. The molecule has 7 heteroatoms. The lowest BCUT2D eigenvalue weighted by Crippen LogP contribution is -2.44. The van der Waals surface area contributed by atoms with Crippen molar-refractivity contribution in [1.29, 1.82) is 0 Å². The minimum Gasteiger partial charge on any atom is -0.337 e. The summed E-state index contributed by atoms with van der Waals surface area (Å²) in [4.78, 5) is 22.4. The molecular formula is C19H22FN5O. The van der Waals surface area contributed by atoms with Gasteiger partial charge in [-0.3, -0.25) is 20.6 Å². The highest BCUT2D eigenvalue weighted by molar-refractivity contribution is 5.92. The lowest BCUT2D eigenvalue weighted by atomic mass is 9.86. The van der Waals surface area contributed by atoms with Gasteiger partial charge in [0.1, 0.15) is 11.5 Å². The molecule has 2 atom stereocenters. The molecule has 0 bridgehead atoms. The van der Waals surface area contributed by atoms with E-state index in [1.54, 1.807) is 12.4 Å². The van der Waals surface area contributed by atoms with Crippen molar-refractivity contribution < 1.29 is 9.18 Å². The van der Waals surface area contributed by atoms with Crippen LogP contribution in [0.5, 0.6) is 0 Å². The molecule has 2 fully saturated rings. The zero-order chi connectivity index (χ0) is 17.9. The van der Waals surface area contributed by atoms with Gasteiger partial charge in [-0.25, -0.2) is 9.37 Å². The van der Waals surface area contributed by atoms with E-state index in [0.29, 0.717) is 17.7 Å². The molecule has 0 aliphatic carbocycles. The largest absolute Gasteiger partial charge is 0.337 e. The molecule has 4 rings (SSSR count). The van der Waals surface area contributed by atoms with Crippen LogP contribution in [0.4, 0.5) is 4.39 Å². The van der Waals surface area contributed by atoms with E-state index in [2.05, 4.69) is 20.8 Å². The summed E-state index contributed by atoms with van der Waals surface area (Å²) in [6.45, 7) is 1.47. The summed E-state index contributed by atoms with van der Waals surface area (Å²) in [5, 5.41) is 0. The Balaban J connectivity index is 1.31. The molecule has 1 aromatic carbocycles. The van der Waals surface area contributed by atoms with Crippen LogP contribution in [-0.2, 0) is 0 Å². The number of hydrazine groups is 1. The average Bonchev–Trinajstić information content (AvgIpc) is 3.19. The summed E-state index contributed by atoms with van der Waals surface area (Å²) in [5.74, 6) is 0.258. The summed E-state index contributed by atoms with van der Waals surface area (Å²) in [6.07, 6.45) is 7.52. The predicted molar refractivity (Wildman–Crippen MR) is 94.5 cm³/mol. The summed E-state index contributed by atoms with van der Waals surface area (Å²) in [5.41, 5.74) is 8.22. The van der Waals surface area contributed by atoms with E-state index in [4.69, 9.17) is 0 Å². The van der Waals surface area contributed by atoms with Gasteiger partial charge in [-0.2, -0.15) is 0 Å². The fourth-order valence-corrected chi connectivity index (χ4v) is 3.88. The van der Waals surface area contributed by atoms with Crippen LogP contribution in [0.25, 0.3) is 0 Å². The van der Waals surface area contributed by atoms with E-state index in [1.807, 2.05) is 17.0 Å². The minimum absolute atomic E-state index is 0.0433. The lowest BCUT2D eigenvalue weighted by Gasteiger charge is -2.34. The average molecular weight is 355 g/mol. The molecule has 1 amide bonds. The number of hydrogen-bond acceptors (Lipinski definition) is 5. The first-order valence-corrected chi connectivity index (χ1v) is 9.02. The number of piperidine rings is 1. The maximum atomic E-state index is 13.1. The summed E-state index contributed by atoms with van der Waals surface area (Å²) < 4.78 is 13.1. The molecule has 2 aromatic rings. The van der Waals surface area contributed by atoms with Crippen molar-refractivity contribution in [3.05, 3.63) is 59.9 Å². The molecule has 1 aromatic heterocycles. The van der Waals surface area contributed by atoms with Crippen molar-refractivity contribution in [2.75, 3.05) is 13.1 Å². The number of carbonyl (C=O) groups excluding carboxylic acids is 1. The first-order valence-electron chi connectivity index (χ1n) is 9.02. The van der Waals surface area contributed by atoms with E-state index in [1.165, 1.54) is 18.3 Å². The zero-order valence-electron chi connectivity index (χ0n) is 14.4. The molecule has 26 heavy (non-hydrogen) atoms. The van der Waals surface area contributed by atoms with Crippen LogP contribution in [0.3, 0.4) is 0 Å². The maximum absolute atomic E-state index is 13.1. The molecule has 2 N–H and O–H groups in total. The number of benzene rings is 1. The van der Waals surface area contributed by atoms with Gasteiger partial charge in [-0.05, 0) is 42.9 Å². The van der Waals surface area contributed by atoms with Crippen LogP contribution >= 0.6 is 0 Å². The van der Waals surface area contributed by atoms with E-state index >= 15 is 0 Å². The van der Waals surface area contributed by atoms with Crippen molar-refractivity contribution >= 4 is 5.91 Å². The Labute approximate surface area is 151 Å². The number of nitrogens with zero attached hydrogens (tertiary/aromatic N) is 3. The standard InChI is InChI=1S/C19H22FN5O/c20-15-3-1-13(2-4-15)16-11-17(24-23-16)14-5-9-25(10-6-14)19(26)18-12-21-7-8-22-18/h1-4,7-8,12,14,16-17,23-24H,5-6,9-11H2. The second-order valence-electron chi connectivity index (χ2n) is 6.96. The molecule has 0 saturated carbocycles. The van der Waals surface area contributed by atoms with E-state index < -0.39 is 0 Å². The highest BCUT2D eigenvalue weighted by Gasteiger charge is 2.34. The van der Waals surface area contributed by atoms with Crippen LogP contribution in [0.1, 0.15) is 41.4 Å². The van der Waals surface area contributed by atoms with Crippen LogP contribution in [-0.4, -0.2) is 39.9 Å². The van der Waals surface area contributed by atoms with Crippen molar-refractivity contribution in [1.82, 2.24) is 25.7 Å². The Kier molecular flexibility index (Phi) is 4.90. The third-order valence-corrected chi connectivity index (χ3v) is 5.38. The van der Waals surface area contributed by atoms with Crippen molar-refractivity contribution in [2.24, 2.45) is 5.92 Å². The SMILES string of the molecule is O=C(c1cnccn1)N1CCC(C2CC(c3ccc(F)cc3)NN2)CC1. The van der Waals surface area contributed by atoms with Crippen LogP contribution < -0.4 is 10.9 Å². The van der Waals surface area contributed by atoms with Gasteiger partial charge in [-0.15, -0.1) is 0 Å². The Morgan fingerprint density at radius 1 is 1.12 bits per heavy atom. The summed E-state index contributed by atoms with van der Waals surface area (Å²) in [6, 6.07) is 7.22. The quantitative estimate of drug-likeness (QED) is 0.882. The van der Waals surface area contributed by atoms with Gasteiger partial charge >= 0.3 is 0 Å². The summed E-state index contributed by atoms with van der Waals surface area (Å²) in [7, 11) is 0. The molecule has 136 valence electrons. The highest BCUT2D eigenvalue weighted by atomic mass is 19.1. The Morgan fingerprint density at radius 2 is 1.88 bits per heavy atom. The molecule has 6 nitrogen and oxygen atoms in total. The van der Waals surface area contributed by atoms with Crippen molar-refractivity contribution in [2.45, 2.75) is 31.3 Å². The second-order valence-corrected chi connectivity index (χ2v) is 6.96. The number of carbonyl (C=O) groups is 1. The van der Waals surface area contributed by atoms with E-state index in [9.17, 15) is 9.18 Å². The predicted octanol–water partition coefficient (Wildman–Crippen LogP) is 2.08. The molecule has 3 heterocycles. The van der Waals surface area contributed by atoms with Gasteiger partial charge in [0, 0.05) is 37.6 Å². The summed E-state index contributed by atoms with van der Waals surface area (Å²) >= 11 is 0. The van der Waals surface area contributed by atoms with Crippen LogP contribution in [0.2, 0.25) is 0 Å². The molecule has 0 spiro atoms. The number of amides is 1. The first-order chi connectivity index (χ1) is 12.7. The topological polar surface area (TPSA) is 70.2 Å². The molecule has 2 aliphatic heterocycles. The monoisotopic (exact) mass is 355 g/mol. The first kappa shape index (κ1) is 17.1. The van der Waals surface area contributed by atoms with Crippen LogP contribution in [0.15, 0.2) is 42.9 Å². The number of aromatic nitrogens is 2. The van der Waals surface area contributed by atoms with Crippen molar-refractivity contribution in [3.63, 3.8) is 0 Å². The molecular weight excluding hydrogens is 333 g/mol.